The summed E-state index contributed by atoms with van der Waals surface area (Å²) in [6.07, 6.45) is 4.86. The van der Waals surface area contributed by atoms with E-state index in [-0.39, 0.29) is 11.6 Å². The summed E-state index contributed by atoms with van der Waals surface area (Å²) in [5.74, 6) is 0.539. The number of aromatic nitrogens is 1. The monoisotopic (exact) mass is 476 g/mol. The van der Waals surface area contributed by atoms with Crippen molar-refractivity contribution in [3.8, 4) is 0 Å². The van der Waals surface area contributed by atoms with Crippen molar-refractivity contribution in [2.75, 3.05) is 21.2 Å². The molecule has 1 N–H and O–H groups in total. The molecule has 2 aromatic carbocycles. The zero-order chi connectivity index (χ0) is 24.3. The number of nitrogens with zero attached hydrogens (tertiary/aromatic N) is 1. The summed E-state index contributed by atoms with van der Waals surface area (Å²) in [4.78, 5) is 6.40. The molecule has 3 nitrogen and oxygen atoms in total. The Balaban J connectivity index is 1.73. The van der Waals surface area contributed by atoms with Gasteiger partial charge in [-0.15, -0.1) is 0 Å². The largest absolute Gasteiger partial charge is 0.376 e. The average molecular weight is 477 g/mol. The number of aromatic amines is 1. The number of H-pyrrole nitrogens is 1. The number of para-hydroxylation sites is 1. The molecule has 0 radical (unpaired) electrons. The smallest absolute Gasteiger partial charge is 0.107 e. The van der Waals surface area contributed by atoms with E-state index >= 15 is 0 Å². The van der Waals surface area contributed by atoms with E-state index in [1.165, 1.54) is 65.8 Å². The molecule has 0 aliphatic heterocycles. The van der Waals surface area contributed by atoms with Gasteiger partial charge in [0.2, 0.25) is 0 Å². The molecule has 34 heavy (non-hydrogen) atoms. The number of hydrogen-bond acceptors (Lipinski definition) is 2. The second-order valence-electron chi connectivity index (χ2n) is 10.6. The third-order valence-corrected chi connectivity index (χ3v) is 14.8. The van der Waals surface area contributed by atoms with Gasteiger partial charge in [-0.3, -0.25) is 4.90 Å². The Kier molecular flexibility index (Phi) is 7.71. The van der Waals surface area contributed by atoms with E-state index in [0.29, 0.717) is 5.92 Å². The molecule has 184 valence electrons. The first-order valence-electron chi connectivity index (χ1n) is 13.3. The van der Waals surface area contributed by atoms with Crippen LogP contribution in [0.25, 0.3) is 10.9 Å². The van der Waals surface area contributed by atoms with Crippen LogP contribution in [-0.4, -0.2) is 39.2 Å². The molecule has 0 spiro atoms. The van der Waals surface area contributed by atoms with Crippen LogP contribution in [0.4, 0.5) is 0 Å². The molecule has 4 rings (SSSR count). The minimum absolute atomic E-state index is 0.119. The van der Waals surface area contributed by atoms with Crippen molar-refractivity contribution < 1.29 is 4.74 Å². The number of hydrogen-bond donors (Lipinski definition) is 1. The molecule has 0 saturated heterocycles. The fraction of sp³-hybridized carbons (Fsp3) is 0.533. The van der Waals surface area contributed by atoms with Crippen LogP contribution in [-0.2, 0) is 10.3 Å². The van der Waals surface area contributed by atoms with Gasteiger partial charge in [0.05, 0.1) is 6.10 Å². The van der Waals surface area contributed by atoms with Crippen molar-refractivity contribution in [1.29, 1.82) is 0 Å². The minimum Gasteiger partial charge on any atom is -0.376 e. The number of methoxy groups -OCH3 is 1. The maximum Gasteiger partial charge on any atom is 0.107 e. The van der Waals surface area contributed by atoms with Crippen molar-refractivity contribution >= 4 is 24.3 Å². The molecule has 1 heterocycles. The fourth-order valence-electron chi connectivity index (χ4n) is 6.87. The number of ether oxygens (including phenoxy) is 1. The Labute approximate surface area is 207 Å². The van der Waals surface area contributed by atoms with E-state index in [1.54, 1.807) is 5.32 Å². The third kappa shape index (κ3) is 4.18. The summed E-state index contributed by atoms with van der Waals surface area (Å²) in [6, 6.07) is 23.9. The minimum atomic E-state index is -1.61. The average Bonchev–Trinajstić information content (AvgIpc) is 3.27. The Bertz CT molecular complexity index is 1050. The van der Waals surface area contributed by atoms with E-state index in [4.69, 9.17) is 4.74 Å². The predicted molar refractivity (Wildman–Crippen MR) is 149 cm³/mol. The highest BCUT2D eigenvalue weighted by Gasteiger charge is 2.43. The summed E-state index contributed by atoms with van der Waals surface area (Å²) < 4.78 is 6.43. The molecule has 4 heteroatoms. The van der Waals surface area contributed by atoms with Crippen LogP contribution in [0.1, 0.15) is 63.7 Å². The number of benzene rings is 2. The molecule has 1 atom stereocenters. The third-order valence-electron chi connectivity index (χ3n) is 9.30. The Morgan fingerprint density at radius 1 is 0.941 bits per heavy atom. The molecule has 1 aromatic heterocycles. The van der Waals surface area contributed by atoms with Gasteiger partial charge >= 0.3 is 0 Å². The first kappa shape index (κ1) is 25.2. The van der Waals surface area contributed by atoms with Gasteiger partial charge in [0.15, 0.2) is 0 Å². The van der Waals surface area contributed by atoms with Crippen LogP contribution in [0.3, 0.4) is 0 Å². The Hall–Kier alpha value is -1.88. The van der Waals surface area contributed by atoms with Gasteiger partial charge < -0.3 is 9.72 Å². The SMILES string of the molecule is CC[Si](CC)(CC)c1[nH]c2ccccc2c1C(OC)C1CCC(c2ccccc2)(N(C)C)CC1. The quantitative estimate of drug-likeness (QED) is 0.330. The Morgan fingerprint density at radius 3 is 2.09 bits per heavy atom. The molecule has 0 bridgehead atoms. The lowest BCUT2D eigenvalue weighted by Gasteiger charge is -2.47. The molecule has 1 unspecified atom stereocenters. The summed E-state index contributed by atoms with van der Waals surface area (Å²) >= 11 is 0. The summed E-state index contributed by atoms with van der Waals surface area (Å²) in [7, 11) is 4.84. The molecule has 1 aliphatic carbocycles. The van der Waals surface area contributed by atoms with Crippen LogP contribution in [0.2, 0.25) is 18.1 Å². The number of rotatable bonds is 9. The molecule has 0 amide bonds. The highest BCUT2D eigenvalue weighted by atomic mass is 28.3. The predicted octanol–water partition coefficient (Wildman–Crippen LogP) is 7.22. The first-order valence-corrected chi connectivity index (χ1v) is 15.9. The van der Waals surface area contributed by atoms with Gasteiger partial charge in [-0.2, -0.15) is 0 Å². The van der Waals surface area contributed by atoms with Crippen molar-refractivity contribution in [2.24, 2.45) is 5.92 Å². The van der Waals surface area contributed by atoms with Gasteiger partial charge in [-0.1, -0.05) is 87.4 Å². The van der Waals surface area contributed by atoms with Gasteiger partial charge in [0.25, 0.3) is 0 Å². The van der Waals surface area contributed by atoms with Crippen LogP contribution in [0, 0.1) is 5.92 Å². The van der Waals surface area contributed by atoms with Gasteiger partial charge in [-0.05, 0) is 57.3 Å². The maximum absolute atomic E-state index is 6.43. The molecular formula is C30H44N2OSi. The van der Waals surface area contributed by atoms with Crippen LogP contribution in [0.5, 0.6) is 0 Å². The van der Waals surface area contributed by atoms with Crippen LogP contribution >= 0.6 is 0 Å². The molecule has 1 saturated carbocycles. The Morgan fingerprint density at radius 2 is 1.53 bits per heavy atom. The van der Waals surface area contributed by atoms with E-state index in [1.807, 2.05) is 7.11 Å². The normalized spacial score (nSPS) is 22.4. The zero-order valence-electron chi connectivity index (χ0n) is 22.2. The number of nitrogens with one attached hydrogen (secondary N) is 1. The second-order valence-corrected chi connectivity index (χ2v) is 15.8. The van der Waals surface area contributed by atoms with E-state index < -0.39 is 8.07 Å². The van der Waals surface area contributed by atoms with Crippen molar-refractivity contribution in [3.05, 3.63) is 65.7 Å². The lowest BCUT2D eigenvalue weighted by molar-refractivity contribution is -0.000418. The lowest BCUT2D eigenvalue weighted by atomic mass is 9.70. The second kappa shape index (κ2) is 10.4. The molecular weight excluding hydrogens is 432 g/mol. The maximum atomic E-state index is 6.43. The molecule has 1 fully saturated rings. The zero-order valence-corrected chi connectivity index (χ0v) is 23.2. The van der Waals surface area contributed by atoms with E-state index in [0.717, 1.165) is 0 Å². The lowest BCUT2D eigenvalue weighted by Crippen LogP contribution is -2.49. The van der Waals surface area contributed by atoms with E-state index in [9.17, 15) is 0 Å². The fourth-order valence-corrected chi connectivity index (χ4v) is 10.7. The summed E-state index contributed by atoms with van der Waals surface area (Å²) in [6.45, 7) is 7.21. The van der Waals surface area contributed by atoms with Crippen molar-refractivity contribution in [3.63, 3.8) is 0 Å². The van der Waals surface area contributed by atoms with Crippen LogP contribution in [0.15, 0.2) is 54.6 Å². The standard InChI is InChI=1S/C30H44N2OSi/c1-7-34(8-2,9-3)29-27(25-17-13-14-18-26(25)31-29)28(33-6)23-19-21-30(22-20-23,32(4)5)24-15-11-10-12-16-24/h10-18,23,28,31H,7-9,19-22H2,1-6H3. The first-order chi connectivity index (χ1) is 16.5. The summed E-state index contributed by atoms with van der Waals surface area (Å²) in [5.41, 5.74) is 4.34. The van der Waals surface area contributed by atoms with Gasteiger partial charge in [-0.25, -0.2) is 0 Å². The van der Waals surface area contributed by atoms with Gasteiger partial charge in [0, 0.05) is 34.4 Å². The van der Waals surface area contributed by atoms with Crippen molar-refractivity contribution in [2.45, 2.75) is 76.2 Å². The highest BCUT2D eigenvalue weighted by Crippen LogP contribution is 2.48. The van der Waals surface area contributed by atoms with Crippen molar-refractivity contribution in [1.82, 2.24) is 9.88 Å². The summed E-state index contributed by atoms with van der Waals surface area (Å²) in [5, 5.41) is 2.93. The van der Waals surface area contributed by atoms with E-state index in [2.05, 4.69) is 99.3 Å². The number of fused-ring (bicyclic) bond motifs is 1. The topological polar surface area (TPSA) is 28.3 Å². The van der Waals surface area contributed by atoms with Gasteiger partial charge in [0.1, 0.15) is 8.07 Å². The molecule has 3 aromatic rings. The van der Waals surface area contributed by atoms with Crippen LogP contribution < -0.4 is 5.32 Å². The molecule has 1 aliphatic rings. The highest BCUT2D eigenvalue weighted by molar-refractivity contribution is 6.91.